The minimum absolute atomic E-state index is 0.296. The summed E-state index contributed by atoms with van der Waals surface area (Å²) >= 11 is 0. The first-order chi connectivity index (χ1) is 10.1. The van der Waals surface area contributed by atoms with Crippen molar-refractivity contribution in [2.45, 2.75) is 6.42 Å². The van der Waals surface area contributed by atoms with Crippen LogP contribution in [0.3, 0.4) is 0 Å². The zero-order chi connectivity index (χ0) is 14.8. The fourth-order valence-electron chi connectivity index (χ4n) is 2.32. The van der Waals surface area contributed by atoms with E-state index in [0.717, 1.165) is 23.3 Å². The Morgan fingerprint density at radius 1 is 1.24 bits per heavy atom. The molecule has 0 aliphatic heterocycles. The quantitative estimate of drug-likeness (QED) is 0.591. The van der Waals surface area contributed by atoms with Gasteiger partial charge in [0.25, 0.3) is 0 Å². The van der Waals surface area contributed by atoms with Gasteiger partial charge in [0.15, 0.2) is 0 Å². The Morgan fingerprint density at radius 3 is 2.71 bits per heavy atom. The molecule has 0 radical (unpaired) electrons. The summed E-state index contributed by atoms with van der Waals surface area (Å²) in [6.45, 7) is 0. The first-order valence-corrected chi connectivity index (χ1v) is 6.53. The van der Waals surface area contributed by atoms with Gasteiger partial charge >= 0.3 is 6.16 Å². The van der Waals surface area contributed by atoms with Gasteiger partial charge in [-0.25, -0.2) is 9.78 Å². The molecule has 21 heavy (non-hydrogen) atoms. The number of carboxylic acid groups (broad SMARTS) is 1. The molecule has 0 amide bonds. The molecule has 0 spiro atoms. The van der Waals surface area contributed by atoms with Crippen LogP contribution in [0.15, 0.2) is 48.5 Å². The normalized spacial score (nSPS) is 10.7. The van der Waals surface area contributed by atoms with E-state index >= 15 is 0 Å². The van der Waals surface area contributed by atoms with Crippen molar-refractivity contribution in [3.05, 3.63) is 59.9 Å². The maximum atomic E-state index is 10.6. The van der Waals surface area contributed by atoms with Gasteiger partial charge < -0.3 is 14.4 Å². The molecular formula is C16H14N2O3. The Balaban J connectivity index is 1.97. The zero-order valence-corrected chi connectivity index (χ0v) is 11.5. The van der Waals surface area contributed by atoms with Crippen molar-refractivity contribution >= 4 is 17.2 Å². The van der Waals surface area contributed by atoms with Crippen LogP contribution >= 0.6 is 0 Å². The van der Waals surface area contributed by atoms with Crippen LogP contribution in [-0.2, 0) is 13.5 Å². The number of ether oxygens (including phenoxy) is 1. The number of hydrogen-bond acceptors (Lipinski definition) is 3. The second-order valence-electron chi connectivity index (χ2n) is 4.77. The fourth-order valence-corrected chi connectivity index (χ4v) is 2.32. The molecule has 0 bridgehead atoms. The molecule has 0 saturated carbocycles. The van der Waals surface area contributed by atoms with E-state index in [1.54, 1.807) is 18.2 Å². The molecule has 0 unspecified atom stereocenters. The van der Waals surface area contributed by atoms with E-state index in [1.165, 1.54) is 5.56 Å². The monoisotopic (exact) mass is 282 g/mol. The predicted molar refractivity (Wildman–Crippen MR) is 78.6 cm³/mol. The first-order valence-electron chi connectivity index (χ1n) is 6.53. The lowest BCUT2D eigenvalue weighted by molar-refractivity contribution is 0.144. The standard InChI is InChI=1S/C16H14N2O3/c1-18-14-10-12(21-16(19)20)7-8-13(14)17-15(18)9-11-5-3-2-4-6-11/h2-8,10H,9H2,1H3,(H,19,20). The van der Waals surface area contributed by atoms with Gasteiger partial charge in [-0.05, 0) is 17.7 Å². The third-order valence-electron chi connectivity index (χ3n) is 3.36. The molecule has 0 saturated heterocycles. The summed E-state index contributed by atoms with van der Waals surface area (Å²) in [5, 5.41) is 8.66. The summed E-state index contributed by atoms with van der Waals surface area (Å²) in [7, 11) is 1.91. The molecule has 3 aromatic rings. The van der Waals surface area contributed by atoms with Gasteiger partial charge in [-0.3, -0.25) is 0 Å². The molecule has 5 heteroatoms. The Morgan fingerprint density at radius 2 is 2.00 bits per heavy atom. The summed E-state index contributed by atoms with van der Waals surface area (Å²) < 4.78 is 6.64. The van der Waals surface area contributed by atoms with E-state index in [-0.39, 0.29) is 0 Å². The molecular weight excluding hydrogens is 268 g/mol. The van der Waals surface area contributed by atoms with E-state index in [4.69, 9.17) is 5.11 Å². The van der Waals surface area contributed by atoms with Crippen molar-refractivity contribution in [2.24, 2.45) is 7.05 Å². The smallest absolute Gasteiger partial charge is 0.449 e. The number of benzene rings is 2. The van der Waals surface area contributed by atoms with Crippen molar-refractivity contribution in [3.63, 3.8) is 0 Å². The Labute approximate surface area is 121 Å². The molecule has 2 aromatic carbocycles. The lowest BCUT2D eigenvalue weighted by Crippen LogP contribution is -2.03. The van der Waals surface area contributed by atoms with Gasteiger partial charge in [0.05, 0.1) is 11.0 Å². The number of aryl methyl sites for hydroxylation is 1. The van der Waals surface area contributed by atoms with E-state index in [2.05, 4.69) is 21.9 Å². The van der Waals surface area contributed by atoms with Crippen molar-refractivity contribution in [3.8, 4) is 5.75 Å². The molecule has 0 aliphatic carbocycles. The number of aromatic nitrogens is 2. The van der Waals surface area contributed by atoms with Gasteiger partial charge in [0, 0.05) is 19.5 Å². The Hall–Kier alpha value is -2.82. The van der Waals surface area contributed by atoms with Crippen molar-refractivity contribution < 1.29 is 14.6 Å². The zero-order valence-electron chi connectivity index (χ0n) is 11.5. The van der Waals surface area contributed by atoms with Crippen LogP contribution in [0, 0.1) is 0 Å². The van der Waals surface area contributed by atoms with E-state index in [0.29, 0.717) is 5.75 Å². The summed E-state index contributed by atoms with van der Waals surface area (Å²) in [4.78, 5) is 15.2. The van der Waals surface area contributed by atoms with Crippen LogP contribution in [0.5, 0.6) is 5.75 Å². The second kappa shape index (κ2) is 5.28. The minimum atomic E-state index is -1.32. The molecule has 1 N–H and O–H groups in total. The van der Waals surface area contributed by atoms with Gasteiger partial charge in [0.2, 0.25) is 0 Å². The molecule has 106 valence electrons. The third-order valence-corrected chi connectivity index (χ3v) is 3.36. The number of nitrogens with zero attached hydrogens (tertiary/aromatic N) is 2. The van der Waals surface area contributed by atoms with Crippen molar-refractivity contribution in [1.82, 2.24) is 9.55 Å². The van der Waals surface area contributed by atoms with E-state index in [1.807, 2.05) is 29.8 Å². The number of fused-ring (bicyclic) bond motifs is 1. The lowest BCUT2D eigenvalue weighted by atomic mass is 10.1. The summed E-state index contributed by atoms with van der Waals surface area (Å²) in [6.07, 6.45) is -0.595. The number of rotatable bonds is 3. The number of hydrogen-bond donors (Lipinski definition) is 1. The summed E-state index contributed by atoms with van der Waals surface area (Å²) in [6, 6.07) is 15.1. The number of imidazole rings is 1. The van der Waals surface area contributed by atoms with E-state index in [9.17, 15) is 4.79 Å². The minimum Gasteiger partial charge on any atom is -0.449 e. The Bertz CT molecular complexity index is 794. The van der Waals surface area contributed by atoms with E-state index < -0.39 is 6.16 Å². The first kappa shape index (κ1) is 13.2. The highest BCUT2D eigenvalue weighted by molar-refractivity contribution is 5.78. The SMILES string of the molecule is Cn1c(Cc2ccccc2)nc2ccc(OC(=O)O)cc21. The average molecular weight is 282 g/mol. The topological polar surface area (TPSA) is 64.4 Å². The maximum absolute atomic E-state index is 10.6. The van der Waals surface area contributed by atoms with Crippen LogP contribution in [0.25, 0.3) is 11.0 Å². The second-order valence-corrected chi connectivity index (χ2v) is 4.77. The molecule has 1 heterocycles. The highest BCUT2D eigenvalue weighted by Crippen LogP contribution is 2.22. The molecule has 0 atom stereocenters. The number of carbonyl (C=O) groups is 1. The van der Waals surface area contributed by atoms with Crippen LogP contribution in [0.2, 0.25) is 0 Å². The fraction of sp³-hybridized carbons (Fsp3) is 0.125. The molecule has 1 aromatic heterocycles. The predicted octanol–water partition coefficient (Wildman–Crippen LogP) is 3.22. The van der Waals surface area contributed by atoms with Crippen LogP contribution < -0.4 is 4.74 Å². The highest BCUT2D eigenvalue weighted by Gasteiger charge is 2.10. The van der Waals surface area contributed by atoms with Gasteiger partial charge in [-0.2, -0.15) is 0 Å². The molecule has 3 rings (SSSR count). The Kier molecular flexibility index (Phi) is 3.31. The summed E-state index contributed by atoms with van der Waals surface area (Å²) in [5.41, 5.74) is 2.85. The van der Waals surface area contributed by atoms with Crippen LogP contribution in [-0.4, -0.2) is 20.8 Å². The van der Waals surface area contributed by atoms with Crippen LogP contribution in [0.4, 0.5) is 4.79 Å². The largest absolute Gasteiger partial charge is 0.511 e. The molecule has 0 aliphatic rings. The van der Waals surface area contributed by atoms with Gasteiger partial charge in [-0.1, -0.05) is 30.3 Å². The average Bonchev–Trinajstić information content (AvgIpc) is 2.76. The lowest BCUT2D eigenvalue weighted by Gasteiger charge is -2.03. The van der Waals surface area contributed by atoms with Crippen molar-refractivity contribution in [2.75, 3.05) is 0 Å². The van der Waals surface area contributed by atoms with Crippen molar-refractivity contribution in [1.29, 1.82) is 0 Å². The summed E-state index contributed by atoms with van der Waals surface area (Å²) in [5.74, 6) is 1.22. The molecule has 0 fully saturated rings. The van der Waals surface area contributed by atoms with Crippen LogP contribution in [0.1, 0.15) is 11.4 Å². The van der Waals surface area contributed by atoms with Gasteiger partial charge in [0.1, 0.15) is 11.6 Å². The highest BCUT2D eigenvalue weighted by atomic mass is 16.7. The molecule has 5 nitrogen and oxygen atoms in total. The van der Waals surface area contributed by atoms with Gasteiger partial charge in [-0.15, -0.1) is 0 Å². The third kappa shape index (κ3) is 2.72. The maximum Gasteiger partial charge on any atom is 0.511 e.